The van der Waals surface area contributed by atoms with Crippen LogP contribution in [0.15, 0.2) is 66.7 Å². The third kappa shape index (κ3) is 6.64. The first-order valence-electron chi connectivity index (χ1n) is 13.3. The quantitative estimate of drug-likeness (QED) is 0.201. The van der Waals surface area contributed by atoms with Gasteiger partial charge >= 0.3 is 0 Å². The molecule has 2 atom stereocenters. The molecule has 1 fully saturated rings. The molecular formula is C32H35F3O2. The van der Waals surface area contributed by atoms with Gasteiger partial charge in [-0.05, 0) is 73.9 Å². The molecular weight excluding hydrogens is 473 g/mol. The number of allylic oxidation sites excluding steroid dienone is 2. The Morgan fingerprint density at radius 1 is 0.919 bits per heavy atom. The van der Waals surface area contributed by atoms with Crippen molar-refractivity contribution < 1.29 is 22.6 Å². The Morgan fingerprint density at radius 2 is 1.65 bits per heavy atom. The number of benzene rings is 3. The van der Waals surface area contributed by atoms with Crippen LogP contribution in [0.25, 0.3) is 22.3 Å². The van der Waals surface area contributed by atoms with Crippen molar-refractivity contribution >= 4 is 0 Å². The van der Waals surface area contributed by atoms with Gasteiger partial charge in [0.15, 0.2) is 11.6 Å². The van der Waals surface area contributed by atoms with Gasteiger partial charge in [-0.1, -0.05) is 61.9 Å². The van der Waals surface area contributed by atoms with Crippen LogP contribution in [-0.2, 0) is 4.74 Å². The standard InChI is InChI=1S/C32H35F3O2/c1-3-5-7-8-26-15-13-25(21-37-26)24-14-16-27(29(33)20-24)22-9-11-23(12-10-22)28-17-18-30(32(35)31(28)34)36-19-6-4-2/h3,5,9-12,14,16-18,20,25-26H,4,6-8,13,15,19,21H2,1-2H3/b5-3+. The van der Waals surface area contributed by atoms with Gasteiger partial charge in [-0.25, -0.2) is 8.78 Å². The molecule has 0 aliphatic carbocycles. The summed E-state index contributed by atoms with van der Waals surface area (Å²) in [5, 5.41) is 0. The maximum atomic E-state index is 15.1. The van der Waals surface area contributed by atoms with Crippen molar-refractivity contribution in [1.82, 2.24) is 0 Å². The third-order valence-corrected chi connectivity index (χ3v) is 7.04. The van der Waals surface area contributed by atoms with E-state index in [-0.39, 0.29) is 29.2 Å². The summed E-state index contributed by atoms with van der Waals surface area (Å²) in [5.74, 6) is -2.13. The highest BCUT2D eigenvalue weighted by atomic mass is 19.2. The number of ether oxygens (including phenoxy) is 2. The summed E-state index contributed by atoms with van der Waals surface area (Å²) in [6, 6.07) is 15.2. The van der Waals surface area contributed by atoms with E-state index < -0.39 is 11.6 Å². The Morgan fingerprint density at radius 3 is 2.30 bits per heavy atom. The van der Waals surface area contributed by atoms with Crippen LogP contribution in [0.4, 0.5) is 13.2 Å². The number of hydrogen-bond donors (Lipinski definition) is 0. The minimum Gasteiger partial charge on any atom is -0.490 e. The fourth-order valence-electron chi connectivity index (χ4n) is 4.79. The van der Waals surface area contributed by atoms with Crippen LogP contribution in [-0.4, -0.2) is 19.3 Å². The molecule has 3 aromatic rings. The van der Waals surface area contributed by atoms with E-state index in [4.69, 9.17) is 9.47 Å². The molecule has 3 aromatic carbocycles. The minimum atomic E-state index is -0.991. The normalized spacial score (nSPS) is 17.9. The molecule has 1 saturated heterocycles. The molecule has 0 aromatic heterocycles. The molecule has 37 heavy (non-hydrogen) atoms. The summed E-state index contributed by atoms with van der Waals surface area (Å²) in [7, 11) is 0. The van der Waals surface area contributed by atoms with Crippen LogP contribution >= 0.6 is 0 Å². The first-order chi connectivity index (χ1) is 18.0. The molecule has 0 N–H and O–H groups in total. The Hall–Kier alpha value is -3.05. The molecule has 1 aliphatic rings. The topological polar surface area (TPSA) is 18.5 Å². The lowest BCUT2D eigenvalue weighted by Crippen LogP contribution is -2.24. The monoisotopic (exact) mass is 508 g/mol. The molecule has 2 nitrogen and oxygen atoms in total. The highest BCUT2D eigenvalue weighted by Crippen LogP contribution is 2.34. The fraction of sp³-hybridized carbons (Fsp3) is 0.375. The summed E-state index contributed by atoms with van der Waals surface area (Å²) < 4.78 is 55.7. The average Bonchev–Trinajstić information content (AvgIpc) is 2.92. The maximum Gasteiger partial charge on any atom is 0.201 e. The van der Waals surface area contributed by atoms with Gasteiger partial charge in [0.1, 0.15) is 5.82 Å². The smallest absolute Gasteiger partial charge is 0.201 e. The van der Waals surface area contributed by atoms with E-state index in [0.29, 0.717) is 29.9 Å². The van der Waals surface area contributed by atoms with E-state index >= 15 is 4.39 Å². The predicted molar refractivity (Wildman–Crippen MR) is 143 cm³/mol. The molecule has 5 heteroatoms. The molecule has 0 radical (unpaired) electrons. The zero-order chi connectivity index (χ0) is 26.2. The summed E-state index contributed by atoms with van der Waals surface area (Å²) in [6.07, 6.45) is 10.2. The van der Waals surface area contributed by atoms with Crippen molar-refractivity contribution in [3.8, 4) is 28.0 Å². The van der Waals surface area contributed by atoms with Gasteiger partial charge in [0.2, 0.25) is 5.82 Å². The second kappa shape index (κ2) is 13.0. The summed E-state index contributed by atoms with van der Waals surface area (Å²) in [6.45, 7) is 4.98. The van der Waals surface area contributed by atoms with Gasteiger partial charge in [-0.15, -0.1) is 0 Å². The highest BCUT2D eigenvalue weighted by molar-refractivity contribution is 5.71. The van der Waals surface area contributed by atoms with Crippen molar-refractivity contribution in [2.45, 2.75) is 64.4 Å². The Labute approximate surface area is 218 Å². The van der Waals surface area contributed by atoms with Gasteiger partial charge in [-0.3, -0.25) is 0 Å². The van der Waals surface area contributed by atoms with Crippen molar-refractivity contribution in [3.05, 3.63) is 89.8 Å². The molecule has 0 bridgehead atoms. The maximum absolute atomic E-state index is 15.1. The second-order valence-electron chi connectivity index (χ2n) is 9.63. The van der Waals surface area contributed by atoms with Crippen LogP contribution < -0.4 is 4.74 Å². The fourth-order valence-corrected chi connectivity index (χ4v) is 4.79. The molecule has 0 saturated carbocycles. The average molecular weight is 509 g/mol. The van der Waals surface area contributed by atoms with Crippen molar-refractivity contribution in [3.63, 3.8) is 0 Å². The van der Waals surface area contributed by atoms with E-state index in [0.717, 1.165) is 44.1 Å². The number of unbranched alkanes of at least 4 members (excludes halogenated alkanes) is 1. The van der Waals surface area contributed by atoms with Gasteiger partial charge in [-0.2, -0.15) is 4.39 Å². The molecule has 4 rings (SSSR count). The Kier molecular flexibility index (Phi) is 9.45. The van der Waals surface area contributed by atoms with Gasteiger partial charge in [0.25, 0.3) is 0 Å². The van der Waals surface area contributed by atoms with Crippen LogP contribution in [0, 0.1) is 17.5 Å². The first kappa shape index (κ1) is 27.0. The molecule has 0 spiro atoms. The van der Waals surface area contributed by atoms with E-state index in [9.17, 15) is 8.78 Å². The summed E-state index contributed by atoms with van der Waals surface area (Å²) in [5.41, 5.74) is 2.76. The SMILES string of the molecule is C/C=C/CCC1CCC(c2ccc(-c3ccc(-c4ccc(OCCCC)c(F)c4F)cc3)c(F)c2)CO1. The van der Waals surface area contributed by atoms with E-state index in [1.54, 1.807) is 36.4 Å². The molecule has 1 aliphatic heterocycles. The zero-order valence-electron chi connectivity index (χ0n) is 21.6. The van der Waals surface area contributed by atoms with Crippen LogP contribution in [0.2, 0.25) is 0 Å². The molecule has 1 heterocycles. The lowest BCUT2D eigenvalue weighted by molar-refractivity contribution is -0.000225. The number of rotatable bonds is 10. The Bertz CT molecular complexity index is 1200. The van der Waals surface area contributed by atoms with E-state index in [1.165, 1.54) is 12.1 Å². The summed E-state index contributed by atoms with van der Waals surface area (Å²) in [4.78, 5) is 0. The van der Waals surface area contributed by atoms with Crippen molar-refractivity contribution in [2.24, 2.45) is 0 Å². The van der Waals surface area contributed by atoms with Crippen molar-refractivity contribution in [1.29, 1.82) is 0 Å². The van der Waals surface area contributed by atoms with Crippen LogP contribution in [0.1, 0.15) is 63.9 Å². The lowest BCUT2D eigenvalue weighted by Gasteiger charge is -2.29. The van der Waals surface area contributed by atoms with Crippen LogP contribution in [0.3, 0.4) is 0 Å². The molecule has 196 valence electrons. The molecule has 0 amide bonds. The van der Waals surface area contributed by atoms with E-state index in [1.807, 2.05) is 19.9 Å². The lowest BCUT2D eigenvalue weighted by atomic mass is 9.89. The third-order valence-electron chi connectivity index (χ3n) is 7.04. The molecule has 2 unspecified atom stereocenters. The largest absolute Gasteiger partial charge is 0.490 e. The Balaban J connectivity index is 1.43. The number of halogens is 3. The van der Waals surface area contributed by atoms with E-state index in [2.05, 4.69) is 12.2 Å². The van der Waals surface area contributed by atoms with Gasteiger partial charge < -0.3 is 9.47 Å². The van der Waals surface area contributed by atoms with Gasteiger partial charge in [0.05, 0.1) is 19.3 Å². The van der Waals surface area contributed by atoms with Gasteiger partial charge in [0, 0.05) is 17.0 Å². The first-order valence-corrected chi connectivity index (χ1v) is 13.3. The van der Waals surface area contributed by atoms with Crippen molar-refractivity contribution in [2.75, 3.05) is 13.2 Å². The van der Waals surface area contributed by atoms with Crippen LogP contribution in [0.5, 0.6) is 5.75 Å². The highest BCUT2D eigenvalue weighted by Gasteiger charge is 2.23. The number of hydrogen-bond acceptors (Lipinski definition) is 2. The minimum absolute atomic E-state index is 0.0824. The second-order valence-corrected chi connectivity index (χ2v) is 9.63. The summed E-state index contributed by atoms with van der Waals surface area (Å²) >= 11 is 0. The predicted octanol–water partition coefficient (Wildman–Crippen LogP) is 9.24. The zero-order valence-corrected chi connectivity index (χ0v) is 21.6.